The van der Waals surface area contributed by atoms with Gasteiger partial charge in [0, 0.05) is 25.8 Å². The minimum absolute atomic E-state index is 0.0354. The van der Waals surface area contributed by atoms with Gasteiger partial charge in [0.2, 0.25) is 0 Å². The van der Waals surface area contributed by atoms with Crippen molar-refractivity contribution in [3.8, 4) is 0 Å². The molecule has 0 spiro atoms. The molecule has 4 heterocycles. The van der Waals surface area contributed by atoms with Gasteiger partial charge in [0.1, 0.15) is 36.5 Å². The molecule has 4 rings (SSSR count). The van der Waals surface area contributed by atoms with Crippen LogP contribution in [0.3, 0.4) is 0 Å². The topological polar surface area (TPSA) is 91.5 Å². The lowest BCUT2D eigenvalue weighted by atomic mass is 10.1. The lowest BCUT2D eigenvalue weighted by Crippen LogP contribution is -2.37. The molecule has 0 N–H and O–H groups in total. The van der Waals surface area contributed by atoms with E-state index in [1.54, 1.807) is 26.7 Å². The number of nitrogens with zero attached hydrogens (tertiary/aromatic N) is 5. The van der Waals surface area contributed by atoms with Crippen molar-refractivity contribution < 1.29 is 14.3 Å². The zero-order valence-corrected chi connectivity index (χ0v) is 17.7. The number of aryl methyl sites for hydroxylation is 2. The normalized spacial score (nSPS) is 22.3. The van der Waals surface area contributed by atoms with E-state index in [1.807, 2.05) is 13.0 Å². The minimum Gasteiger partial charge on any atom is -0.371 e. The largest absolute Gasteiger partial charge is 0.371 e. The Balaban J connectivity index is 1.46. The Labute approximate surface area is 175 Å². The monoisotopic (exact) mass is 415 g/mol. The predicted octanol–water partition coefficient (Wildman–Crippen LogP) is 1.28. The van der Waals surface area contributed by atoms with Crippen molar-refractivity contribution in [3.63, 3.8) is 0 Å². The van der Waals surface area contributed by atoms with E-state index in [0.29, 0.717) is 44.3 Å². The summed E-state index contributed by atoms with van der Waals surface area (Å²) in [6, 6.07) is 1.81. The number of hydrogen-bond donors (Lipinski definition) is 0. The zero-order valence-electron chi connectivity index (χ0n) is 17.7. The van der Waals surface area contributed by atoms with Gasteiger partial charge in [-0.3, -0.25) is 9.59 Å². The van der Waals surface area contributed by atoms with Crippen molar-refractivity contribution in [2.24, 2.45) is 5.92 Å². The summed E-state index contributed by atoms with van der Waals surface area (Å²) in [5.74, 6) is 0.239. The highest BCUT2D eigenvalue weighted by Crippen LogP contribution is 2.24. The highest BCUT2D eigenvalue weighted by molar-refractivity contribution is 5.95. The van der Waals surface area contributed by atoms with Gasteiger partial charge in [-0.25, -0.2) is 9.67 Å². The molecule has 2 aromatic rings. The number of fused-ring (bicyclic) bond motifs is 1. The van der Waals surface area contributed by atoms with Crippen LogP contribution in [0.5, 0.6) is 0 Å². The first kappa shape index (κ1) is 20.7. The molecule has 2 fully saturated rings. The van der Waals surface area contributed by atoms with Crippen LogP contribution in [0.25, 0.3) is 0 Å². The van der Waals surface area contributed by atoms with Gasteiger partial charge in [0.15, 0.2) is 0 Å². The van der Waals surface area contributed by atoms with Crippen LogP contribution >= 0.6 is 0 Å². The Kier molecular flexibility index (Phi) is 6.01. The van der Waals surface area contributed by atoms with Crippen LogP contribution in [0.2, 0.25) is 0 Å². The van der Waals surface area contributed by atoms with Crippen molar-refractivity contribution >= 4 is 5.91 Å². The van der Waals surface area contributed by atoms with Gasteiger partial charge >= 0.3 is 0 Å². The first-order valence-corrected chi connectivity index (χ1v) is 10.5. The Morgan fingerprint density at radius 2 is 1.93 bits per heavy atom. The smallest absolute Gasteiger partial charge is 0.263 e. The summed E-state index contributed by atoms with van der Waals surface area (Å²) in [5.41, 5.74) is 0.727. The molecule has 9 heteroatoms. The number of carbonyl (C=O) groups is 1. The minimum atomic E-state index is -0.246. The second-order valence-electron chi connectivity index (χ2n) is 8.54. The average Bonchev–Trinajstić information content (AvgIpc) is 3.34. The van der Waals surface area contributed by atoms with Gasteiger partial charge in [0.05, 0.1) is 13.2 Å². The van der Waals surface area contributed by atoms with Crippen molar-refractivity contribution in [2.75, 3.05) is 26.3 Å². The molecular weight excluding hydrogens is 386 g/mol. The molecule has 1 amide bonds. The number of amides is 1. The van der Waals surface area contributed by atoms with E-state index in [1.165, 1.54) is 6.33 Å². The molecule has 2 aliphatic rings. The molecule has 0 bridgehead atoms. The highest BCUT2D eigenvalue weighted by Gasteiger charge is 2.40. The zero-order chi connectivity index (χ0) is 21.3. The predicted molar refractivity (Wildman–Crippen MR) is 109 cm³/mol. The molecule has 0 aromatic carbocycles. The number of ether oxygens (including phenoxy) is 2. The lowest BCUT2D eigenvalue weighted by molar-refractivity contribution is -0.00461. The van der Waals surface area contributed by atoms with Gasteiger partial charge in [-0.15, -0.1) is 0 Å². The number of hydrogen-bond acceptors (Lipinski definition) is 6. The van der Waals surface area contributed by atoms with Crippen molar-refractivity contribution in [1.82, 2.24) is 24.2 Å². The van der Waals surface area contributed by atoms with E-state index in [0.717, 1.165) is 6.42 Å². The summed E-state index contributed by atoms with van der Waals surface area (Å²) in [6.45, 7) is 8.36. The molecule has 2 aliphatic heterocycles. The van der Waals surface area contributed by atoms with E-state index in [2.05, 4.69) is 23.9 Å². The van der Waals surface area contributed by atoms with Crippen molar-refractivity contribution in [3.05, 3.63) is 46.4 Å². The standard InChI is InChI=1S/C21H29N5O4/c1-14(2)4-6-24-7-5-15(3)19(20(24)27)21(28)25-8-17-18(9-25)30-11-16(10-29-17)26-13-22-12-23-26/h5,7,12-14,16-18H,4,6,8-11H2,1-3H3/t17-,18-/m0/s1. The fourth-order valence-electron chi connectivity index (χ4n) is 3.96. The van der Waals surface area contributed by atoms with Gasteiger partial charge in [0.25, 0.3) is 11.5 Å². The van der Waals surface area contributed by atoms with Crippen LogP contribution < -0.4 is 5.56 Å². The fourth-order valence-corrected chi connectivity index (χ4v) is 3.96. The van der Waals surface area contributed by atoms with E-state index in [-0.39, 0.29) is 35.3 Å². The molecular formula is C21H29N5O4. The quantitative estimate of drug-likeness (QED) is 0.731. The molecule has 162 valence electrons. The molecule has 30 heavy (non-hydrogen) atoms. The van der Waals surface area contributed by atoms with E-state index < -0.39 is 0 Å². The van der Waals surface area contributed by atoms with Crippen molar-refractivity contribution in [2.45, 2.75) is 52.0 Å². The summed E-state index contributed by atoms with van der Waals surface area (Å²) >= 11 is 0. The Hall–Kier alpha value is -2.52. The summed E-state index contributed by atoms with van der Waals surface area (Å²) in [7, 11) is 0. The summed E-state index contributed by atoms with van der Waals surface area (Å²) in [4.78, 5) is 31.9. The molecule has 9 nitrogen and oxygen atoms in total. The molecule has 0 unspecified atom stereocenters. The second kappa shape index (κ2) is 8.69. The number of aromatic nitrogens is 4. The number of likely N-dealkylation sites (tertiary alicyclic amines) is 1. The van der Waals surface area contributed by atoms with Gasteiger partial charge in [-0.2, -0.15) is 5.10 Å². The molecule has 0 radical (unpaired) electrons. The maximum atomic E-state index is 13.2. The lowest BCUT2D eigenvalue weighted by Gasteiger charge is -2.20. The van der Waals surface area contributed by atoms with Gasteiger partial charge in [-0.05, 0) is 30.9 Å². The number of rotatable bonds is 5. The third-order valence-corrected chi connectivity index (χ3v) is 5.85. The maximum Gasteiger partial charge on any atom is 0.263 e. The third kappa shape index (κ3) is 4.17. The van der Waals surface area contributed by atoms with E-state index in [4.69, 9.17) is 9.47 Å². The third-order valence-electron chi connectivity index (χ3n) is 5.85. The highest BCUT2D eigenvalue weighted by atomic mass is 16.6. The molecule has 0 saturated carbocycles. The van der Waals surface area contributed by atoms with Crippen molar-refractivity contribution in [1.29, 1.82) is 0 Å². The summed E-state index contributed by atoms with van der Waals surface area (Å²) in [5, 5.41) is 4.16. The van der Waals surface area contributed by atoms with Crippen LogP contribution in [-0.2, 0) is 16.0 Å². The molecule has 2 aromatic heterocycles. The van der Waals surface area contributed by atoms with Crippen LogP contribution in [0.15, 0.2) is 29.7 Å². The fraction of sp³-hybridized carbons (Fsp3) is 0.619. The van der Waals surface area contributed by atoms with Crippen LogP contribution in [0, 0.1) is 12.8 Å². The Morgan fingerprint density at radius 3 is 2.53 bits per heavy atom. The van der Waals surface area contributed by atoms with Crippen LogP contribution in [-0.4, -0.2) is 68.6 Å². The molecule has 2 atom stereocenters. The first-order valence-electron chi connectivity index (χ1n) is 10.5. The Morgan fingerprint density at radius 1 is 1.23 bits per heavy atom. The summed E-state index contributed by atoms with van der Waals surface area (Å²) < 4.78 is 15.5. The SMILES string of the molecule is Cc1ccn(CCC(C)C)c(=O)c1C(=O)N1C[C@@H]2OCC(n3cncn3)CO[C@H]2C1. The van der Waals surface area contributed by atoms with Gasteiger partial charge < -0.3 is 18.9 Å². The maximum absolute atomic E-state index is 13.2. The van der Waals surface area contributed by atoms with Gasteiger partial charge in [-0.1, -0.05) is 13.8 Å². The molecule has 0 aliphatic carbocycles. The summed E-state index contributed by atoms with van der Waals surface area (Å²) in [6.07, 6.45) is 5.38. The molecule has 2 saturated heterocycles. The number of pyridine rings is 1. The van der Waals surface area contributed by atoms with Crippen LogP contribution in [0.1, 0.15) is 42.2 Å². The second-order valence-corrected chi connectivity index (χ2v) is 8.54. The van der Waals surface area contributed by atoms with E-state index >= 15 is 0 Å². The number of carbonyl (C=O) groups excluding carboxylic acids is 1. The van der Waals surface area contributed by atoms with Crippen LogP contribution in [0.4, 0.5) is 0 Å². The Bertz CT molecular complexity index is 923. The first-order chi connectivity index (χ1) is 14.4. The average molecular weight is 415 g/mol. The van der Waals surface area contributed by atoms with E-state index in [9.17, 15) is 9.59 Å².